The maximum atomic E-state index is 9.97. The summed E-state index contributed by atoms with van der Waals surface area (Å²) in [5.41, 5.74) is 0. The van der Waals surface area contributed by atoms with Gasteiger partial charge in [0.05, 0.1) is 0 Å². The standard InChI is InChI=1S/C3H7OS/c1-5(2,3)4/h1H,2-3H3/q+1. The molecule has 0 amide bonds. The second-order valence-electron chi connectivity index (χ2n) is 1.31. The van der Waals surface area contributed by atoms with E-state index in [4.69, 9.17) is 5.87 Å². The van der Waals surface area contributed by atoms with Crippen LogP contribution in [0.3, 0.4) is 0 Å². The average Bonchev–Trinajstić information content (AvgIpc) is 0.722. The van der Waals surface area contributed by atoms with Crippen LogP contribution in [-0.2, 0) is 9.52 Å². The first-order valence-electron chi connectivity index (χ1n) is 1.22. The maximum absolute atomic E-state index is 9.97. The van der Waals surface area contributed by atoms with Gasteiger partial charge in [0.15, 0.2) is 9.52 Å². The van der Waals surface area contributed by atoms with Gasteiger partial charge in [-0.15, -0.1) is 0 Å². The third kappa shape index (κ3) is 2990. The number of hydrogen-bond acceptors (Lipinski definition) is 1. The van der Waals surface area contributed by atoms with E-state index in [0.29, 0.717) is 0 Å². The quantitative estimate of drug-likeness (QED) is 0.299. The fourth-order valence-electron chi connectivity index (χ4n) is 0. The van der Waals surface area contributed by atoms with Crippen molar-refractivity contribution in [3.05, 3.63) is 0 Å². The highest BCUT2D eigenvalue weighted by Crippen LogP contribution is 1.62. The Morgan fingerprint density at radius 2 is 1.60 bits per heavy atom. The fraction of sp³-hybridized carbons (Fsp3) is 0.667. The first-order chi connectivity index (χ1) is 2.00. The van der Waals surface area contributed by atoms with Crippen molar-refractivity contribution >= 4 is 15.4 Å². The summed E-state index contributed by atoms with van der Waals surface area (Å²) in [4.78, 5) is 0. The Bertz CT molecular complexity index is 90.1. The summed E-state index contributed by atoms with van der Waals surface area (Å²) >= 11 is 0. The summed E-state index contributed by atoms with van der Waals surface area (Å²) in [6.45, 7) is 0. The van der Waals surface area contributed by atoms with E-state index < -0.39 is 9.52 Å². The van der Waals surface area contributed by atoms with Crippen LogP contribution in [0.5, 0.6) is 0 Å². The third-order valence-electron chi connectivity index (χ3n) is 0. The van der Waals surface area contributed by atoms with Gasteiger partial charge in [0.2, 0.25) is 0 Å². The monoisotopic (exact) mass is 91.0 g/mol. The molecule has 0 saturated heterocycles. The van der Waals surface area contributed by atoms with Crippen molar-refractivity contribution in [1.82, 2.24) is 0 Å². The van der Waals surface area contributed by atoms with Gasteiger partial charge in [0.1, 0.15) is 0 Å². The minimum Gasteiger partial charge on any atom is -0.217 e. The fourth-order valence-corrected chi connectivity index (χ4v) is 0. The molecule has 0 aliphatic carbocycles. The van der Waals surface area contributed by atoms with Gasteiger partial charge in [-0.1, -0.05) is 0 Å². The van der Waals surface area contributed by atoms with Crippen molar-refractivity contribution in [2.24, 2.45) is 0 Å². The predicted molar refractivity (Wildman–Crippen MR) is 26.1 cm³/mol. The van der Waals surface area contributed by atoms with Crippen molar-refractivity contribution in [3.8, 4) is 0 Å². The molecule has 0 rings (SSSR count). The summed E-state index contributed by atoms with van der Waals surface area (Å²) in [5.74, 6) is 4.88. The van der Waals surface area contributed by atoms with E-state index >= 15 is 0 Å². The Hall–Kier alpha value is -0.0700. The van der Waals surface area contributed by atoms with Crippen LogP contribution in [0.15, 0.2) is 0 Å². The predicted octanol–water partition coefficient (Wildman–Crippen LogP) is -0.161. The maximum Gasteiger partial charge on any atom is 0.268 e. The summed E-state index contributed by atoms with van der Waals surface area (Å²) < 4.78 is 9.97. The summed E-state index contributed by atoms with van der Waals surface area (Å²) in [6, 6.07) is 0. The second kappa shape index (κ2) is 0.959. The first-order valence-corrected chi connectivity index (χ1v) is 3.66. The molecule has 2 heteroatoms. The van der Waals surface area contributed by atoms with Crippen LogP contribution in [0.1, 0.15) is 0 Å². The number of rotatable bonds is 0. The van der Waals surface area contributed by atoms with Crippen molar-refractivity contribution in [1.29, 1.82) is 0 Å². The Kier molecular flexibility index (Phi) is 0.946. The smallest absolute Gasteiger partial charge is 0.217 e. The molecule has 0 bridgehead atoms. The molecule has 5 heavy (non-hydrogen) atoms. The number of hydrogen-bond donors (Lipinski definition) is 0. The van der Waals surface area contributed by atoms with Crippen molar-refractivity contribution < 1.29 is 4.21 Å². The summed E-state index contributed by atoms with van der Waals surface area (Å²) in [5, 5.41) is 0. The summed E-state index contributed by atoms with van der Waals surface area (Å²) in [6.07, 6.45) is 2.99. The van der Waals surface area contributed by atoms with E-state index in [1.807, 2.05) is 0 Å². The minimum atomic E-state index is -1.92. The van der Waals surface area contributed by atoms with Crippen LogP contribution in [0.25, 0.3) is 0 Å². The molecule has 0 aromatic heterocycles. The molecule has 0 aromatic rings. The molecular formula is C3H7OS+. The minimum absolute atomic E-state index is 1.49. The highest BCUT2D eigenvalue weighted by Gasteiger charge is 1.84. The molecule has 0 aliphatic rings. The Balaban J connectivity index is 4.06. The van der Waals surface area contributed by atoms with Gasteiger partial charge in [-0.05, 0) is 0 Å². The molecule has 0 heterocycles. The zero-order valence-electron chi connectivity index (χ0n) is 3.39. The van der Waals surface area contributed by atoms with Gasteiger partial charge in [-0.2, -0.15) is 0 Å². The average molecular weight is 91.2 g/mol. The van der Waals surface area contributed by atoms with Gasteiger partial charge in [-0.3, -0.25) is 0 Å². The third-order valence-corrected chi connectivity index (χ3v) is 0. The lowest BCUT2D eigenvalue weighted by Gasteiger charge is -1.64. The van der Waals surface area contributed by atoms with E-state index in [2.05, 4.69) is 0 Å². The van der Waals surface area contributed by atoms with E-state index in [1.54, 1.807) is 0 Å². The van der Waals surface area contributed by atoms with E-state index in [1.165, 1.54) is 12.5 Å². The topological polar surface area (TPSA) is 17.1 Å². The molecule has 30 valence electrons. The molecule has 0 aromatic carbocycles. The van der Waals surface area contributed by atoms with Crippen LogP contribution in [0.2, 0.25) is 0 Å². The molecule has 0 spiro atoms. The van der Waals surface area contributed by atoms with Crippen molar-refractivity contribution in [2.45, 2.75) is 0 Å². The normalized spacial score (nSPS) is 11.4. The van der Waals surface area contributed by atoms with E-state index in [0.717, 1.165) is 0 Å². The van der Waals surface area contributed by atoms with Crippen LogP contribution < -0.4 is 0 Å². The van der Waals surface area contributed by atoms with E-state index in [-0.39, 0.29) is 0 Å². The molecule has 0 saturated carbocycles. The van der Waals surface area contributed by atoms with Crippen LogP contribution >= 0.6 is 0 Å². The molecule has 0 fully saturated rings. The zero-order valence-corrected chi connectivity index (χ0v) is 4.21. The molecule has 1 nitrogen and oxygen atoms in total. The Morgan fingerprint density at radius 1 is 1.60 bits per heavy atom. The van der Waals surface area contributed by atoms with Crippen LogP contribution in [0, 0.1) is 0 Å². The van der Waals surface area contributed by atoms with Crippen molar-refractivity contribution in [3.63, 3.8) is 0 Å². The Labute approximate surface area is 33.0 Å². The molecule has 0 radical (unpaired) electrons. The van der Waals surface area contributed by atoms with Gasteiger partial charge < -0.3 is 0 Å². The zero-order chi connectivity index (χ0) is 4.50. The van der Waals surface area contributed by atoms with Gasteiger partial charge >= 0.3 is 0 Å². The van der Waals surface area contributed by atoms with E-state index in [9.17, 15) is 4.21 Å². The highest BCUT2D eigenvalue weighted by atomic mass is 32.2. The highest BCUT2D eigenvalue weighted by molar-refractivity contribution is 7.98. The van der Waals surface area contributed by atoms with Gasteiger partial charge in [-0.25, -0.2) is 4.21 Å². The van der Waals surface area contributed by atoms with Crippen molar-refractivity contribution in [2.75, 3.05) is 12.5 Å². The molecule has 0 atom stereocenters. The second-order valence-corrected chi connectivity index (χ2v) is 3.93. The van der Waals surface area contributed by atoms with Gasteiger partial charge in [0, 0.05) is 12.5 Å². The van der Waals surface area contributed by atoms with Crippen LogP contribution in [-0.4, -0.2) is 22.6 Å². The lowest BCUT2D eigenvalue weighted by molar-refractivity contribution is 0.688. The Morgan fingerprint density at radius 3 is 1.60 bits per heavy atom. The lowest BCUT2D eigenvalue weighted by Crippen LogP contribution is -1.86. The molecule has 0 unspecified atom stereocenters. The molecular weight excluding hydrogens is 84.1 g/mol. The largest absolute Gasteiger partial charge is 0.268 e. The lowest BCUT2D eigenvalue weighted by atomic mass is 11.9. The first kappa shape index (κ1) is 4.93. The molecule has 0 N–H and O–H groups in total. The SMILES string of the molecule is [CH+]=S(C)(C)=O. The van der Waals surface area contributed by atoms with Crippen LogP contribution in [0.4, 0.5) is 0 Å². The summed E-state index contributed by atoms with van der Waals surface area (Å²) in [7, 11) is -1.92. The molecule has 0 aliphatic heterocycles. The van der Waals surface area contributed by atoms with Gasteiger partial charge in [0.25, 0.3) is 5.87 Å².